The highest BCUT2D eigenvalue weighted by atomic mass is 35.5. The number of carbonyl (C=O) groups excluding carboxylic acids is 2. The van der Waals surface area contributed by atoms with E-state index in [0.29, 0.717) is 29.6 Å². The van der Waals surface area contributed by atoms with Crippen LogP contribution >= 0.6 is 23.2 Å². The molecule has 0 N–H and O–H groups in total. The van der Waals surface area contributed by atoms with E-state index in [1.165, 1.54) is 18.9 Å². The highest BCUT2D eigenvalue weighted by Gasteiger charge is 2.21. The summed E-state index contributed by atoms with van der Waals surface area (Å²) in [4.78, 5) is 33.3. The molecule has 4 rings (SSSR count). The van der Waals surface area contributed by atoms with E-state index < -0.39 is 11.9 Å². The monoisotopic (exact) mass is 540 g/mol. The van der Waals surface area contributed by atoms with Crippen LogP contribution in [0.15, 0.2) is 67.3 Å². The molecule has 0 amide bonds. The Morgan fingerprint density at radius 3 is 2.03 bits per heavy atom. The number of rotatable bonds is 11. The molecule has 0 bridgehead atoms. The normalized spacial score (nSPS) is 10.9. The van der Waals surface area contributed by atoms with E-state index in [0.717, 1.165) is 24.8 Å². The van der Waals surface area contributed by atoms with Gasteiger partial charge in [-0.05, 0) is 61.1 Å². The van der Waals surface area contributed by atoms with Crippen LogP contribution in [-0.2, 0) is 30.7 Å². The summed E-state index contributed by atoms with van der Waals surface area (Å²) in [6.45, 7) is 1.09. The van der Waals surface area contributed by atoms with Crippen LogP contribution in [0.5, 0.6) is 6.01 Å². The molecule has 0 fully saturated rings. The number of carbonyl (C=O) groups is 2. The Morgan fingerprint density at radius 2 is 1.43 bits per heavy atom. The molecule has 0 aliphatic rings. The lowest BCUT2D eigenvalue weighted by molar-refractivity contribution is 0.0580. The zero-order valence-electron chi connectivity index (χ0n) is 20.3. The van der Waals surface area contributed by atoms with Crippen LogP contribution in [0, 0.1) is 0 Å². The summed E-state index contributed by atoms with van der Waals surface area (Å²) in [5.74, 6) is -1.22. The molecule has 2 heterocycles. The van der Waals surface area contributed by atoms with E-state index in [-0.39, 0.29) is 17.4 Å². The minimum atomic E-state index is -0.655. The number of esters is 2. The van der Waals surface area contributed by atoms with Crippen molar-refractivity contribution in [1.29, 1.82) is 0 Å². The summed E-state index contributed by atoms with van der Waals surface area (Å²) < 4.78 is 13.8. The van der Waals surface area contributed by atoms with Crippen molar-refractivity contribution in [3.8, 4) is 6.01 Å². The van der Waals surface area contributed by atoms with Gasteiger partial charge in [0.2, 0.25) is 0 Å². The number of aryl methyl sites for hydroxylation is 3. The van der Waals surface area contributed by atoms with Crippen molar-refractivity contribution in [1.82, 2.24) is 19.1 Å². The third kappa shape index (κ3) is 7.21. The van der Waals surface area contributed by atoms with Gasteiger partial charge in [-0.25, -0.2) is 19.6 Å². The molecule has 10 heteroatoms. The molecule has 0 aliphatic heterocycles. The number of benzene rings is 2. The lowest BCUT2D eigenvalue weighted by Gasteiger charge is -2.10. The van der Waals surface area contributed by atoms with Gasteiger partial charge in [0.25, 0.3) is 0 Å². The second kappa shape index (κ2) is 12.6. The number of nitrogens with zero attached hydrogens (tertiary/aromatic N) is 4. The van der Waals surface area contributed by atoms with Gasteiger partial charge < -0.3 is 14.0 Å². The molecule has 2 aromatic carbocycles. The van der Waals surface area contributed by atoms with Gasteiger partial charge in [-0.1, -0.05) is 47.5 Å². The number of hydrogen-bond donors (Lipinski definition) is 0. The number of hydrogen-bond acceptors (Lipinski definition) is 6. The molecule has 8 nitrogen and oxygen atoms in total. The second-order valence-electron chi connectivity index (χ2n) is 8.42. The quantitative estimate of drug-likeness (QED) is 0.228. The fraction of sp³-hybridized carbons (Fsp3) is 0.259. The van der Waals surface area contributed by atoms with Crippen molar-refractivity contribution in [2.45, 2.75) is 38.8 Å². The molecule has 0 saturated carbocycles. The molecule has 0 aliphatic carbocycles. The summed E-state index contributed by atoms with van der Waals surface area (Å²) in [6, 6.07) is 15.3. The summed E-state index contributed by atoms with van der Waals surface area (Å²) >= 11 is 11.9. The first-order valence-corrected chi connectivity index (χ1v) is 12.5. The smallest absolute Gasteiger partial charge is 0.366 e. The zero-order chi connectivity index (χ0) is 26.2. The minimum absolute atomic E-state index is 0.0128. The van der Waals surface area contributed by atoms with Gasteiger partial charge in [-0.3, -0.25) is 4.57 Å². The summed E-state index contributed by atoms with van der Waals surface area (Å²) in [7, 11) is 1.29. The van der Waals surface area contributed by atoms with Crippen molar-refractivity contribution in [3.63, 3.8) is 0 Å². The predicted molar refractivity (Wildman–Crippen MR) is 140 cm³/mol. The predicted octanol–water partition coefficient (Wildman–Crippen LogP) is 5.66. The van der Waals surface area contributed by atoms with E-state index in [1.54, 1.807) is 17.1 Å². The molecule has 0 unspecified atom stereocenters. The Kier molecular flexibility index (Phi) is 8.98. The Labute approximate surface area is 224 Å². The maximum atomic E-state index is 12.8. The van der Waals surface area contributed by atoms with E-state index >= 15 is 0 Å². The van der Waals surface area contributed by atoms with Gasteiger partial charge >= 0.3 is 17.9 Å². The molecule has 2 aromatic heterocycles. The molecule has 0 radical (unpaired) electrons. The third-order valence-electron chi connectivity index (χ3n) is 5.80. The highest BCUT2D eigenvalue weighted by Crippen LogP contribution is 2.18. The number of imidazole rings is 2. The average molecular weight is 541 g/mol. The van der Waals surface area contributed by atoms with Gasteiger partial charge in [0.05, 0.1) is 19.6 Å². The van der Waals surface area contributed by atoms with Crippen LogP contribution in [0.1, 0.15) is 44.9 Å². The lowest BCUT2D eigenvalue weighted by atomic mass is 10.1. The topological polar surface area (TPSA) is 88.2 Å². The van der Waals surface area contributed by atoms with Crippen LogP contribution in [0.3, 0.4) is 0 Å². The Balaban J connectivity index is 1.37. The van der Waals surface area contributed by atoms with Crippen molar-refractivity contribution in [2.24, 2.45) is 0 Å². The molecular formula is C27H26Cl2N4O4. The SMILES string of the molecule is COC(=O)c1cnc(OC(=O)c2cn(CCCc3ccc(Cl)cc3)cn2)n1CCCc1ccc(Cl)cc1. The van der Waals surface area contributed by atoms with Crippen LogP contribution < -0.4 is 4.74 Å². The van der Waals surface area contributed by atoms with Crippen molar-refractivity contribution in [2.75, 3.05) is 7.11 Å². The molecule has 37 heavy (non-hydrogen) atoms. The molecular weight excluding hydrogens is 515 g/mol. The number of halogens is 2. The number of aromatic nitrogens is 4. The zero-order valence-corrected chi connectivity index (χ0v) is 21.8. The first kappa shape index (κ1) is 26.4. The fourth-order valence-corrected chi connectivity index (χ4v) is 4.11. The Bertz CT molecular complexity index is 1350. The first-order valence-electron chi connectivity index (χ1n) is 11.8. The summed E-state index contributed by atoms with van der Waals surface area (Å²) in [5, 5.41) is 1.38. The molecule has 0 atom stereocenters. The molecule has 0 spiro atoms. The lowest BCUT2D eigenvalue weighted by Crippen LogP contribution is -2.16. The first-order chi connectivity index (χ1) is 17.9. The second-order valence-corrected chi connectivity index (χ2v) is 9.29. The molecule has 4 aromatic rings. The van der Waals surface area contributed by atoms with Gasteiger partial charge in [-0.2, -0.15) is 0 Å². The van der Waals surface area contributed by atoms with Crippen molar-refractivity contribution >= 4 is 35.1 Å². The number of ether oxygens (including phenoxy) is 2. The van der Waals surface area contributed by atoms with Gasteiger partial charge in [0.15, 0.2) is 5.69 Å². The third-order valence-corrected chi connectivity index (χ3v) is 6.30. The van der Waals surface area contributed by atoms with Crippen LogP contribution in [-0.4, -0.2) is 38.2 Å². The largest absolute Gasteiger partial charge is 0.464 e. The maximum Gasteiger partial charge on any atom is 0.366 e. The van der Waals surface area contributed by atoms with E-state index in [4.69, 9.17) is 32.7 Å². The standard InChI is InChI=1S/C27H26Cl2N4O4/c1-36-26(35)24-16-30-27(33(24)15-3-5-20-8-12-22(29)13-9-20)37-25(34)23-17-32(18-31-23)14-2-4-19-6-10-21(28)11-7-19/h6-13,16-18H,2-5,14-15H2,1H3. The highest BCUT2D eigenvalue weighted by molar-refractivity contribution is 6.30. The minimum Gasteiger partial charge on any atom is -0.464 e. The Hall–Kier alpha value is -3.62. The molecule has 192 valence electrons. The average Bonchev–Trinajstić information content (AvgIpc) is 3.53. The van der Waals surface area contributed by atoms with Crippen LogP contribution in [0.4, 0.5) is 0 Å². The van der Waals surface area contributed by atoms with Crippen LogP contribution in [0.25, 0.3) is 0 Å². The van der Waals surface area contributed by atoms with Crippen molar-refractivity contribution in [3.05, 3.63) is 99.8 Å². The van der Waals surface area contributed by atoms with Gasteiger partial charge in [0, 0.05) is 29.3 Å². The van der Waals surface area contributed by atoms with Gasteiger partial charge in [-0.15, -0.1) is 0 Å². The fourth-order valence-electron chi connectivity index (χ4n) is 3.86. The van der Waals surface area contributed by atoms with E-state index in [9.17, 15) is 9.59 Å². The summed E-state index contributed by atoms with van der Waals surface area (Å²) in [5.41, 5.74) is 2.65. The number of methoxy groups -OCH3 is 1. The van der Waals surface area contributed by atoms with Crippen molar-refractivity contribution < 1.29 is 19.1 Å². The maximum absolute atomic E-state index is 12.8. The van der Waals surface area contributed by atoms with Gasteiger partial charge in [0.1, 0.15) is 5.69 Å². The Morgan fingerprint density at radius 1 is 0.838 bits per heavy atom. The molecule has 0 saturated heterocycles. The van der Waals surface area contributed by atoms with E-state index in [2.05, 4.69) is 9.97 Å². The summed E-state index contributed by atoms with van der Waals surface area (Å²) in [6.07, 6.45) is 7.73. The van der Waals surface area contributed by atoms with Crippen LogP contribution in [0.2, 0.25) is 10.0 Å². The van der Waals surface area contributed by atoms with E-state index in [1.807, 2.05) is 53.1 Å².